The first kappa shape index (κ1) is 21.7. The van der Waals surface area contributed by atoms with Crippen LogP contribution in [0, 0.1) is 6.92 Å². The van der Waals surface area contributed by atoms with Gasteiger partial charge in [0, 0.05) is 24.4 Å². The molecule has 2 fully saturated rings. The Hall–Kier alpha value is -3.82. The van der Waals surface area contributed by atoms with Crippen molar-refractivity contribution in [1.29, 1.82) is 0 Å². The highest BCUT2D eigenvalue weighted by molar-refractivity contribution is 5.99. The van der Waals surface area contributed by atoms with E-state index in [1.807, 2.05) is 13.0 Å². The number of nitrogens with one attached hydrogen (secondary N) is 1. The number of rotatable bonds is 4. The van der Waals surface area contributed by atoms with Crippen LogP contribution in [-0.4, -0.2) is 64.4 Å². The number of alkyl halides is 1. The van der Waals surface area contributed by atoms with E-state index >= 15 is 0 Å². The minimum absolute atomic E-state index is 0.104. The molecule has 0 radical (unpaired) electrons. The fourth-order valence-corrected chi connectivity index (χ4v) is 4.59. The first-order chi connectivity index (χ1) is 16.9. The van der Waals surface area contributed by atoms with Gasteiger partial charge in [-0.2, -0.15) is 5.10 Å². The van der Waals surface area contributed by atoms with Crippen LogP contribution >= 0.6 is 0 Å². The first-order valence-corrected chi connectivity index (χ1v) is 11.9. The molecule has 2 atom stereocenters. The van der Waals surface area contributed by atoms with Crippen molar-refractivity contribution in [3.8, 4) is 17.2 Å². The van der Waals surface area contributed by atoms with Gasteiger partial charge in [-0.1, -0.05) is 0 Å². The van der Waals surface area contributed by atoms with E-state index in [1.165, 1.54) is 4.90 Å². The van der Waals surface area contributed by atoms with E-state index in [-0.39, 0.29) is 24.5 Å². The molecule has 3 aromatic rings. The van der Waals surface area contributed by atoms with Crippen LogP contribution in [-0.2, 0) is 0 Å². The number of hydrogen-bond acceptors (Lipinski definition) is 5. The maximum Gasteiger partial charge on any atom is 0.322 e. The molecule has 1 aromatic carbocycles. The van der Waals surface area contributed by atoms with Crippen LogP contribution in [0.3, 0.4) is 0 Å². The third-order valence-electron chi connectivity index (χ3n) is 6.94. The van der Waals surface area contributed by atoms with Gasteiger partial charge in [0.15, 0.2) is 5.75 Å². The smallest absolute Gasteiger partial charge is 0.322 e. The van der Waals surface area contributed by atoms with E-state index in [0.29, 0.717) is 52.7 Å². The van der Waals surface area contributed by atoms with Crippen LogP contribution in [0.4, 0.5) is 14.9 Å². The van der Waals surface area contributed by atoms with Crippen LogP contribution in [0.15, 0.2) is 36.7 Å². The molecule has 10 heteroatoms. The molecule has 2 aromatic heterocycles. The molecule has 1 saturated heterocycles. The van der Waals surface area contributed by atoms with Gasteiger partial charge in [0.1, 0.15) is 29.8 Å². The molecule has 2 aliphatic heterocycles. The van der Waals surface area contributed by atoms with Gasteiger partial charge in [-0.05, 0) is 44.4 Å². The molecule has 1 aliphatic carbocycles. The lowest BCUT2D eigenvalue weighted by atomic mass is 10.0. The molecule has 0 unspecified atom stereocenters. The second-order valence-corrected chi connectivity index (χ2v) is 9.33. The van der Waals surface area contributed by atoms with Crippen LogP contribution in [0.5, 0.6) is 17.2 Å². The number of carbonyl (C=O) groups excluding carboxylic acids is 2. The number of aryl methyl sites for hydroxylation is 1. The Kier molecular flexibility index (Phi) is 5.05. The van der Waals surface area contributed by atoms with Gasteiger partial charge in [-0.3, -0.25) is 9.69 Å². The predicted molar refractivity (Wildman–Crippen MR) is 126 cm³/mol. The molecule has 1 saturated carbocycles. The molecule has 35 heavy (non-hydrogen) atoms. The highest BCUT2D eigenvalue weighted by atomic mass is 19.1. The quantitative estimate of drug-likeness (QED) is 0.617. The Morgan fingerprint density at radius 1 is 1.26 bits per heavy atom. The minimum Gasteiger partial charge on any atom is -0.489 e. The zero-order valence-corrected chi connectivity index (χ0v) is 19.5. The van der Waals surface area contributed by atoms with Crippen LogP contribution in [0.2, 0.25) is 0 Å². The number of ether oxygens (including phenoxy) is 2. The average Bonchev–Trinajstić information content (AvgIpc) is 3.61. The zero-order valence-electron chi connectivity index (χ0n) is 19.5. The number of carbonyl (C=O) groups is 2. The van der Waals surface area contributed by atoms with Gasteiger partial charge in [0.05, 0.1) is 36.6 Å². The number of halogens is 1. The highest BCUT2D eigenvalue weighted by Gasteiger charge is 2.40. The molecule has 0 bridgehead atoms. The predicted octanol–water partition coefficient (Wildman–Crippen LogP) is 3.69. The highest BCUT2D eigenvalue weighted by Crippen LogP contribution is 2.38. The van der Waals surface area contributed by atoms with E-state index in [1.54, 1.807) is 46.9 Å². The molecule has 1 N–H and O–H groups in total. The molecule has 3 aliphatic rings. The maximum absolute atomic E-state index is 13.6. The first-order valence-electron chi connectivity index (χ1n) is 11.9. The van der Waals surface area contributed by atoms with Gasteiger partial charge in [-0.15, -0.1) is 0 Å². The summed E-state index contributed by atoms with van der Waals surface area (Å²) in [5, 5.41) is 7.35. The number of nitrogens with zero attached hydrogens (tertiary/aromatic N) is 4. The standard InChI is InChI=1S/C25H26FN5O4/c1-14-18(24(32)30-13-19(26)15(30)2)12-31-23(14)21(7-8-27-31)35-17-5-6-20-22(11-17)34-10-9-29(20)25(33)28-16-3-4-16/h5-8,11-12,15-16,19H,3-4,9-10,13H2,1-2H3,(H,28,33)/t15-,19+/m1/s1. The molecule has 9 nitrogen and oxygen atoms in total. The summed E-state index contributed by atoms with van der Waals surface area (Å²) in [7, 11) is 0. The lowest BCUT2D eigenvalue weighted by Gasteiger charge is -2.41. The number of aromatic nitrogens is 2. The fraction of sp³-hybridized carbons (Fsp3) is 0.400. The molecular weight excluding hydrogens is 453 g/mol. The molecule has 0 spiro atoms. The summed E-state index contributed by atoms with van der Waals surface area (Å²) >= 11 is 0. The Balaban J connectivity index is 1.27. The number of amides is 3. The number of urea groups is 1. The van der Waals surface area contributed by atoms with Crippen LogP contribution in [0.1, 0.15) is 35.7 Å². The molecular formula is C25H26FN5O4. The summed E-state index contributed by atoms with van der Waals surface area (Å²) in [6.07, 6.45) is 4.31. The summed E-state index contributed by atoms with van der Waals surface area (Å²) in [4.78, 5) is 28.8. The molecule has 4 heterocycles. The van der Waals surface area contributed by atoms with Crippen LogP contribution < -0.4 is 19.7 Å². The maximum atomic E-state index is 13.6. The lowest BCUT2D eigenvalue weighted by Crippen LogP contribution is -2.58. The largest absolute Gasteiger partial charge is 0.489 e. The average molecular weight is 480 g/mol. The van der Waals surface area contributed by atoms with Crippen molar-refractivity contribution in [3.05, 3.63) is 47.8 Å². The normalized spacial score (nSPS) is 21.2. The fourth-order valence-electron chi connectivity index (χ4n) is 4.59. The molecule has 3 amide bonds. The van der Waals surface area contributed by atoms with Crippen molar-refractivity contribution < 1.29 is 23.5 Å². The number of likely N-dealkylation sites (tertiary alicyclic amines) is 1. The SMILES string of the molecule is Cc1c(C(=O)N2C[C@H](F)[C@H]2C)cn2nccc(Oc3ccc4c(c3)OCCN4C(=O)NC3CC3)c12. The van der Waals surface area contributed by atoms with Crippen LogP contribution in [0.25, 0.3) is 5.52 Å². The Morgan fingerprint density at radius 3 is 2.83 bits per heavy atom. The monoisotopic (exact) mass is 479 g/mol. The summed E-state index contributed by atoms with van der Waals surface area (Å²) in [5.41, 5.74) is 2.54. The zero-order chi connectivity index (χ0) is 24.3. The Morgan fingerprint density at radius 2 is 2.09 bits per heavy atom. The van der Waals surface area contributed by atoms with Gasteiger partial charge in [0.2, 0.25) is 0 Å². The van der Waals surface area contributed by atoms with Crippen molar-refractivity contribution in [2.24, 2.45) is 0 Å². The van der Waals surface area contributed by atoms with E-state index in [0.717, 1.165) is 12.8 Å². The number of benzene rings is 1. The van der Waals surface area contributed by atoms with E-state index in [4.69, 9.17) is 9.47 Å². The van der Waals surface area contributed by atoms with Crippen molar-refractivity contribution in [3.63, 3.8) is 0 Å². The minimum atomic E-state index is -0.991. The van der Waals surface area contributed by atoms with E-state index in [9.17, 15) is 14.0 Å². The summed E-state index contributed by atoms with van der Waals surface area (Å²) in [6.45, 7) is 4.52. The summed E-state index contributed by atoms with van der Waals surface area (Å²) < 4.78 is 27.2. The molecule has 182 valence electrons. The Bertz CT molecular complexity index is 1340. The summed E-state index contributed by atoms with van der Waals surface area (Å²) in [6, 6.07) is 6.82. The number of hydrogen-bond donors (Lipinski definition) is 1. The van der Waals surface area contributed by atoms with E-state index < -0.39 is 12.2 Å². The van der Waals surface area contributed by atoms with Gasteiger partial charge >= 0.3 is 6.03 Å². The van der Waals surface area contributed by atoms with Crippen molar-refractivity contribution >= 4 is 23.1 Å². The summed E-state index contributed by atoms with van der Waals surface area (Å²) in [5.74, 6) is 1.41. The van der Waals surface area contributed by atoms with E-state index in [2.05, 4.69) is 10.4 Å². The Labute approximate surface area is 201 Å². The van der Waals surface area contributed by atoms with Gasteiger partial charge < -0.3 is 19.7 Å². The second kappa shape index (κ2) is 8.14. The third-order valence-corrected chi connectivity index (χ3v) is 6.94. The third kappa shape index (κ3) is 3.73. The van der Waals surface area contributed by atoms with Crippen molar-refractivity contribution in [2.45, 2.75) is 44.9 Å². The van der Waals surface area contributed by atoms with Crippen molar-refractivity contribution in [2.75, 3.05) is 24.6 Å². The number of anilines is 1. The van der Waals surface area contributed by atoms with Crippen molar-refractivity contribution in [1.82, 2.24) is 19.8 Å². The topological polar surface area (TPSA) is 88.4 Å². The number of fused-ring (bicyclic) bond motifs is 2. The lowest BCUT2D eigenvalue weighted by molar-refractivity contribution is 0.00638. The van der Waals surface area contributed by atoms with Gasteiger partial charge in [-0.25, -0.2) is 13.7 Å². The second-order valence-electron chi connectivity index (χ2n) is 9.33. The van der Waals surface area contributed by atoms with Gasteiger partial charge in [0.25, 0.3) is 5.91 Å². The molecule has 6 rings (SSSR count).